The van der Waals surface area contributed by atoms with Gasteiger partial charge in [-0.05, 0) is 48.6 Å². The molecule has 0 N–H and O–H groups in total. The number of hydrogen-bond donors (Lipinski definition) is 0. The molecule has 0 saturated carbocycles. The molecule has 0 amide bonds. The molecular weight excluding hydrogens is 396 g/mol. The molecule has 1 saturated heterocycles. The largest absolute Gasteiger partial charge is 0.355 e. The van der Waals surface area contributed by atoms with Gasteiger partial charge in [-0.1, -0.05) is 37.6 Å². The number of anilines is 1. The van der Waals surface area contributed by atoms with Crippen LogP contribution in [0.2, 0.25) is 0 Å². The number of hydrogen-bond acceptors (Lipinski definition) is 5. The van der Waals surface area contributed by atoms with E-state index in [1.807, 2.05) is 42.2 Å². The molecule has 0 unspecified atom stereocenters. The summed E-state index contributed by atoms with van der Waals surface area (Å²) in [6, 6.07) is 18.3. The zero-order valence-corrected chi connectivity index (χ0v) is 18.5. The molecule has 0 atom stereocenters. The van der Waals surface area contributed by atoms with Crippen LogP contribution in [0, 0.1) is 17.2 Å². The first-order chi connectivity index (χ1) is 15.6. The van der Waals surface area contributed by atoms with E-state index in [0.29, 0.717) is 5.56 Å². The summed E-state index contributed by atoms with van der Waals surface area (Å²) in [4.78, 5) is 2.35. The van der Waals surface area contributed by atoms with E-state index in [1.165, 1.54) is 19.3 Å². The molecule has 1 aliphatic rings. The van der Waals surface area contributed by atoms with Crippen LogP contribution in [0.25, 0.3) is 33.3 Å². The van der Waals surface area contributed by atoms with Crippen molar-refractivity contribution in [3.05, 3.63) is 60.3 Å². The van der Waals surface area contributed by atoms with E-state index in [4.69, 9.17) is 5.10 Å². The van der Waals surface area contributed by atoms with E-state index in [0.717, 1.165) is 58.1 Å². The Balaban J connectivity index is 1.59. The number of nitriles is 1. The van der Waals surface area contributed by atoms with Gasteiger partial charge in [-0.3, -0.25) is 4.68 Å². The smallest absolute Gasteiger partial charge is 0.151 e. The summed E-state index contributed by atoms with van der Waals surface area (Å²) in [5.74, 6) is 1.73. The van der Waals surface area contributed by atoms with E-state index < -0.39 is 0 Å². The highest BCUT2D eigenvalue weighted by Crippen LogP contribution is 2.34. The van der Waals surface area contributed by atoms with Gasteiger partial charge in [0.25, 0.3) is 0 Å². The molecule has 5 rings (SSSR count). The number of aromatic nitrogens is 4. The lowest BCUT2D eigenvalue weighted by atomic mass is 9.94. The number of rotatable bonds is 4. The van der Waals surface area contributed by atoms with Gasteiger partial charge in [0.05, 0.1) is 17.1 Å². The average Bonchev–Trinajstić information content (AvgIpc) is 3.23. The lowest BCUT2D eigenvalue weighted by Crippen LogP contribution is -2.34. The third kappa shape index (κ3) is 3.82. The minimum atomic E-state index is 0.647. The van der Waals surface area contributed by atoms with Crippen LogP contribution in [0.5, 0.6) is 0 Å². The fourth-order valence-electron chi connectivity index (χ4n) is 4.55. The lowest BCUT2D eigenvalue weighted by molar-refractivity contribution is 0.393. The SMILES string of the molecule is CCC1CCN(c2cc(-c3ccc(C#N)cc3)c(-c3ccc4cn(C)nc4c3)nn2)CC1. The monoisotopic (exact) mass is 422 g/mol. The average molecular weight is 423 g/mol. The first kappa shape index (κ1) is 20.2. The highest BCUT2D eigenvalue weighted by Gasteiger charge is 2.21. The molecular formula is C26H26N6. The van der Waals surface area contributed by atoms with Gasteiger partial charge in [-0.25, -0.2) is 0 Å². The van der Waals surface area contributed by atoms with Crippen molar-refractivity contribution in [1.82, 2.24) is 20.0 Å². The molecule has 160 valence electrons. The molecule has 2 aromatic heterocycles. The van der Waals surface area contributed by atoms with Crippen LogP contribution in [-0.4, -0.2) is 33.1 Å². The van der Waals surface area contributed by atoms with Gasteiger partial charge in [-0.2, -0.15) is 10.4 Å². The Hall–Kier alpha value is -3.72. The van der Waals surface area contributed by atoms with Crippen LogP contribution < -0.4 is 4.90 Å². The Morgan fingerprint density at radius 1 is 1.00 bits per heavy atom. The molecule has 32 heavy (non-hydrogen) atoms. The zero-order chi connectivity index (χ0) is 22.1. The molecule has 4 aromatic rings. The number of aryl methyl sites for hydroxylation is 1. The molecule has 0 bridgehead atoms. The standard InChI is InChI=1S/C26H26N6/c1-3-18-10-12-32(13-11-18)25-15-23(20-6-4-19(16-27)5-7-20)26(29-28-25)21-8-9-22-17-31(2)30-24(22)14-21/h4-9,14-15,17-18H,3,10-13H2,1-2H3. The van der Waals surface area contributed by atoms with E-state index >= 15 is 0 Å². The summed E-state index contributed by atoms with van der Waals surface area (Å²) in [6.07, 6.45) is 5.64. The highest BCUT2D eigenvalue weighted by molar-refractivity contribution is 5.88. The second-order valence-electron chi connectivity index (χ2n) is 8.57. The Morgan fingerprint density at radius 2 is 1.75 bits per heavy atom. The van der Waals surface area contributed by atoms with Crippen LogP contribution in [0.3, 0.4) is 0 Å². The first-order valence-electron chi connectivity index (χ1n) is 11.2. The van der Waals surface area contributed by atoms with Crippen LogP contribution in [0.15, 0.2) is 54.7 Å². The predicted octanol–water partition coefficient (Wildman–Crippen LogP) is 5.20. The summed E-state index contributed by atoms with van der Waals surface area (Å²) < 4.78 is 1.82. The second-order valence-corrected chi connectivity index (χ2v) is 8.57. The Bertz CT molecular complexity index is 1290. The van der Waals surface area contributed by atoms with Gasteiger partial charge in [0.1, 0.15) is 5.69 Å². The minimum absolute atomic E-state index is 0.647. The highest BCUT2D eigenvalue weighted by atomic mass is 15.3. The van der Waals surface area contributed by atoms with E-state index in [2.05, 4.69) is 52.4 Å². The van der Waals surface area contributed by atoms with Gasteiger partial charge >= 0.3 is 0 Å². The molecule has 0 spiro atoms. The number of piperidine rings is 1. The Morgan fingerprint density at radius 3 is 2.47 bits per heavy atom. The molecule has 0 aliphatic carbocycles. The first-order valence-corrected chi connectivity index (χ1v) is 11.2. The van der Waals surface area contributed by atoms with E-state index in [-0.39, 0.29) is 0 Å². The number of benzene rings is 2. The maximum Gasteiger partial charge on any atom is 0.151 e. The van der Waals surface area contributed by atoms with Crippen LogP contribution in [0.4, 0.5) is 5.82 Å². The molecule has 2 aromatic carbocycles. The number of nitrogens with zero attached hydrogens (tertiary/aromatic N) is 6. The van der Waals surface area contributed by atoms with Crippen molar-refractivity contribution in [1.29, 1.82) is 5.26 Å². The minimum Gasteiger partial charge on any atom is -0.355 e. The Kier molecular flexibility index (Phi) is 5.32. The second kappa shape index (κ2) is 8.43. The molecule has 6 heteroatoms. The van der Waals surface area contributed by atoms with Crippen LogP contribution in [0.1, 0.15) is 31.7 Å². The van der Waals surface area contributed by atoms with Crippen molar-refractivity contribution in [2.24, 2.45) is 13.0 Å². The molecule has 1 fully saturated rings. The van der Waals surface area contributed by atoms with Crippen molar-refractivity contribution in [3.63, 3.8) is 0 Å². The lowest BCUT2D eigenvalue weighted by Gasteiger charge is -2.32. The van der Waals surface area contributed by atoms with Crippen LogP contribution >= 0.6 is 0 Å². The fourth-order valence-corrected chi connectivity index (χ4v) is 4.55. The molecule has 6 nitrogen and oxygen atoms in total. The topological polar surface area (TPSA) is 70.6 Å². The van der Waals surface area contributed by atoms with Gasteiger partial charge < -0.3 is 4.90 Å². The fraction of sp³-hybridized carbons (Fsp3) is 0.308. The normalized spacial score (nSPS) is 14.6. The summed E-state index contributed by atoms with van der Waals surface area (Å²) in [7, 11) is 1.93. The van der Waals surface area contributed by atoms with Gasteiger partial charge in [0.2, 0.25) is 0 Å². The van der Waals surface area contributed by atoms with Crippen molar-refractivity contribution in [2.75, 3.05) is 18.0 Å². The van der Waals surface area contributed by atoms with Crippen LogP contribution in [-0.2, 0) is 7.05 Å². The van der Waals surface area contributed by atoms with Gasteiger partial charge in [0, 0.05) is 42.8 Å². The maximum absolute atomic E-state index is 9.20. The van der Waals surface area contributed by atoms with Gasteiger partial charge in [-0.15, -0.1) is 10.2 Å². The third-order valence-corrected chi connectivity index (χ3v) is 6.52. The van der Waals surface area contributed by atoms with Crippen molar-refractivity contribution >= 4 is 16.7 Å². The summed E-state index contributed by atoms with van der Waals surface area (Å²) >= 11 is 0. The predicted molar refractivity (Wildman–Crippen MR) is 127 cm³/mol. The molecule has 1 aliphatic heterocycles. The summed E-state index contributed by atoms with van der Waals surface area (Å²) in [6.45, 7) is 4.30. The molecule has 3 heterocycles. The summed E-state index contributed by atoms with van der Waals surface area (Å²) in [5, 5.41) is 24.2. The zero-order valence-electron chi connectivity index (χ0n) is 18.5. The van der Waals surface area contributed by atoms with Crippen molar-refractivity contribution < 1.29 is 0 Å². The van der Waals surface area contributed by atoms with Crippen molar-refractivity contribution in [3.8, 4) is 28.5 Å². The third-order valence-electron chi connectivity index (χ3n) is 6.52. The molecule has 0 radical (unpaired) electrons. The van der Waals surface area contributed by atoms with E-state index in [1.54, 1.807) is 0 Å². The van der Waals surface area contributed by atoms with E-state index in [9.17, 15) is 5.26 Å². The maximum atomic E-state index is 9.20. The number of fused-ring (bicyclic) bond motifs is 1. The van der Waals surface area contributed by atoms with Gasteiger partial charge in [0.15, 0.2) is 5.82 Å². The Labute approximate surface area is 188 Å². The quantitative estimate of drug-likeness (QED) is 0.452. The summed E-state index contributed by atoms with van der Waals surface area (Å²) in [5.41, 5.74) is 5.44. The van der Waals surface area contributed by atoms with Crippen molar-refractivity contribution in [2.45, 2.75) is 26.2 Å².